The Kier molecular flexibility index (Phi) is 4.53. The third-order valence-electron chi connectivity index (χ3n) is 3.01. The van der Waals surface area contributed by atoms with E-state index in [-0.39, 0.29) is 11.3 Å². The maximum atomic E-state index is 12.8. The number of sulfone groups is 1. The number of rotatable bonds is 5. The van der Waals surface area contributed by atoms with Crippen LogP contribution in [-0.2, 0) is 21.1 Å². The highest BCUT2D eigenvalue weighted by atomic mass is 32.2. The zero-order valence-corrected chi connectivity index (χ0v) is 12.4. The molecule has 0 aromatic heterocycles. The summed E-state index contributed by atoms with van der Waals surface area (Å²) in [5.74, 6) is -1.35. The average molecular weight is 306 g/mol. The molecule has 0 atom stereocenters. The van der Waals surface area contributed by atoms with Crippen molar-refractivity contribution in [3.63, 3.8) is 0 Å². The van der Waals surface area contributed by atoms with Crippen LogP contribution in [0.3, 0.4) is 0 Å². The summed E-state index contributed by atoms with van der Waals surface area (Å²) in [6, 6.07) is 11.9. The molecular weight excluding hydrogens is 291 g/mol. The Balaban J connectivity index is 2.09. The van der Waals surface area contributed by atoms with Crippen LogP contribution in [0.4, 0.5) is 4.39 Å². The van der Waals surface area contributed by atoms with E-state index in [1.807, 2.05) is 0 Å². The minimum absolute atomic E-state index is 0.0225. The van der Waals surface area contributed by atoms with Gasteiger partial charge < -0.3 is 0 Å². The molecule has 0 N–H and O–H groups in total. The number of hydrogen-bond acceptors (Lipinski definition) is 3. The van der Waals surface area contributed by atoms with E-state index in [1.165, 1.54) is 30.3 Å². The molecule has 0 saturated heterocycles. The van der Waals surface area contributed by atoms with Crippen molar-refractivity contribution in [2.45, 2.75) is 18.2 Å². The van der Waals surface area contributed by atoms with Crippen LogP contribution in [0.5, 0.6) is 0 Å². The van der Waals surface area contributed by atoms with Gasteiger partial charge in [0.2, 0.25) is 0 Å². The van der Waals surface area contributed by atoms with Crippen molar-refractivity contribution in [2.24, 2.45) is 0 Å². The highest BCUT2D eigenvalue weighted by molar-refractivity contribution is 7.92. The first kappa shape index (κ1) is 15.4. The van der Waals surface area contributed by atoms with Crippen molar-refractivity contribution in [3.8, 4) is 0 Å². The molecule has 0 heterocycles. The Bertz CT molecular complexity index is 749. The van der Waals surface area contributed by atoms with Gasteiger partial charge in [0, 0.05) is 6.42 Å². The molecule has 3 nitrogen and oxygen atoms in total. The summed E-state index contributed by atoms with van der Waals surface area (Å²) in [7, 11) is -3.63. The minimum Gasteiger partial charge on any atom is -0.298 e. The molecule has 2 aromatic rings. The fraction of sp³-hybridized carbons (Fsp3) is 0.188. The lowest BCUT2D eigenvalue weighted by Crippen LogP contribution is -2.18. The molecule has 21 heavy (non-hydrogen) atoms. The van der Waals surface area contributed by atoms with Gasteiger partial charge in [-0.25, -0.2) is 12.8 Å². The van der Waals surface area contributed by atoms with Gasteiger partial charge >= 0.3 is 0 Å². The van der Waals surface area contributed by atoms with Crippen LogP contribution in [0.1, 0.15) is 11.1 Å². The zero-order chi connectivity index (χ0) is 15.5. The smallest absolute Gasteiger partial charge is 0.185 e. The largest absolute Gasteiger partial charge is 0.298 e. The number of carbonyl (C=O) groups excluding carboxylic acids is 1. The van der Waals surface area contributed by atoms with E-state index in [0.29, 0.717) is 5.56 Å². The fourth-order valence-corrected chi connectivity index (χ4v) is 3.33. The fourth-order valence-electron chi connectivity index (χ4n) is 1.99. The standard InChI is InChI=1S/C16H15FO3S/c1-12-3-2-4-16(9-12)21(19,20)11-15(18)10-13-5-7-14(17)8-6-13/h2-9H,10-11H2,1H3. The molecule has 0 bridgehead atoms. The molecule has 0 aliphatic carbocycles. The van der Waals surface area contributed by atoms with Crippen LogP contribution < -0.4 is 0 Å². The van der Waals surface area contributed by atoms with Crippen LogP contribution in [0.25, 0.3) is 0 Å². The SMILES string of the molecule is Cc1cccc(S(=O)(=O)CC(=O)Cc2ccc(F)cc2)c1. The second-order valence-corrected chi connectivity index (χ2v) is 6.91. The molecule has 0 aliphatic heterocycles. The van der Waals surface area contributed by atoms with Crippen LogP contribution >= 0.6 is 0 Å². The van der Waals surface area contributed by atoms with Crippen molar-refractivity contribution in [3.05, 3.63) is 65.5 Å². The Morgan fingerprint density at radius 2 is 1.76 bits per heavy atom. The second-order valence-electron chi connectivity index (χ2n) is 4.92. The first-order valence-corrected chi connectivity index (χ1v) is 8.07. The predicted molar refractivity (Wildman–Crippen MR) is 78.3 cm³/mol. The average Bonchev–Trinajstić information content (AvgIpc) is 2.41. The topological polar surface area (TPSA) is 51.2 Å². The van der Waals surface area contributed by atoms with Gasteiger partial charge in [-0.15, -0.1) is 0 Å². The van der Waals surface area contributed by atoms with Crippen LogP contribution in [0, 0.1) is 12.7 Å². The van der Waals surface area contributed by atoms with Gasteiger partial charge in [-0.3, -0.25) is 4.79 Å². The molecule has 110 valence electrons. The van der Waals surface area contributed by atoms with Crippen molar-refractivity contribution >= 4 is 15.6 Å². The lowest BCUT2D eigenvalue weighted by atomic mass is 10.1. The van der Waals surface area contributed by atoms with Gasteiger partial charge in [0.1, 0.15) is 11.6 Å². The monoisotopic (exact) mass is 306 g/mol. The number of Topliss-reactive ketones (excluding diaryl/α,β-unsaturated/α-hetero) is 1. The van der Waals surface area contributed by atoms with E-state index in [1.54, 1.807) is 25.1 Å². The minimum atomic E-state index is -3.63. The summed E-state index contributed by atoms with van der Waals surface area (Å²) >= 11 is 0. The van der Waals surface area contributed by atoms with Crippen LogP contribution in [-0.4, -0.2) is 20.0 Å². The van der Waals surface area contributed by atoms with Crippen molar-refractivity contribution < 1.29 is 17.6 Å². The van der Waals surface area contributed by atoms with Crippen LogP contribution in [0.15, 0.2) is 53.4 Å². The first-order valence-electron chi connectivity index (χ1n) is 6.42. The second kappa shape index (κ2) is 6.18. The summed E-state index contributed by atoms with van der Waals surface area (Å²) in [4.78, 5) is 12.0. The maximum Gasteiger partial charge on any atom is 0.185 e. The summed E-state index contributed by atoms with van der Waals surface area (Å²) in [5.41, 5.74) is 1.42. The number of hydrogen-bond donors (Lipinski definition) is 0. The molecule has 0 amide bonds. The van der Waals surface area contributed by atoms with Crippen LogP contribution in [0.2, 0.25) is 0 Å². The molecule has 0 unspecified atom stereocenters. The Labute approximate surface area is 123 Å². The number of benzene rings is 2. The third kappa shape index (κ3) is 4.23. The number of halogens is 1. The van der Waals surface area contributed by atoms with Gasteiger partial charge in [-0.2, -0.15) is 0 Å². The molecule has 2 aromatic carbocycles. The van der Waals surface area contributed by atoms with E-state index in [0.717, 1.165) is 5.56 Å². The number of aryl methyl sites for hydroxylation is 1. The van der Waals surface area contributed by atoms with Gasteiger partial charge in [0.15, 0.2) is 15.6 Å². The summed E-state index contributed by atoms with van der Waals surface area (Å²) in [6.07, 6.45) is -0.0225. The van der Waals surface area contributed by atoms with Gasteiger partial charge in [-0.05, 0) is 42.3 Å². The predicted octanol–water partition coefficient (Wildman–Crippen LogP) is 2.72. The molecule has 5 heteroatoms. The van der Waals surface area contributed by atoms with E-state index < -0.39 is 27.2 Å². The Hall–Kier alpha value is -2.01. The highest BCUT2D eigenvalue weighted by Crippen LogP contribution is 2.14. The molecule has 2 rings (SSSR count). The molecule has 0 radical (unpaired) electrons. The van der Waals surface area contributed by atoms with Crippen molar-refractivity contribution in [1.82, 2.24) is 0 Å². The normalized spacial score (nSPS) is 11.3. The van der Waals surface area contributed by atoms with Crippen molar-refractivity contribution in [2.75, 3.05) is 5.75 Å². The molecule has 0 spiro atoms. The van der Waals surface area contributed by atoms with Gasteiger partial charge in [0.05, 0.1) is 4.90 Å². The van der Waals surface area contributed by atoms with E-state index in [2.05, 4.69) is 0 Å². The summed E-state index contributed by atoms with van der Waals surface area (Å²) in [6.45, 7) is 1.79. The number of ketones is 1. The molecule has 0 fully saturated rings. The Morgan fingerprint density at radius 3 is 2.38 bits per heavy atom. The molecule has 0 saturated carbocycles. The first-order chi connectivity index (χ1) is 9.87. The quantitative estimate of drug-likeness (QED) is 0.853. The number of carbonyl (C=O) groups is 1. The van der Waals surface area contributed by atoms with Gasteiger partial charge in [-0.1, -0.05) is 24.3 Å². The molecular formula is C16H15FO3S. The maximum absolute atomic E-state index is 12.8. The third-order valence-corrected chi connectivity index (χ3v) is 4.69. The van der Waals surface area contributed by atoms with Crippen molar-refractivity contribution in [1.29, 1.82) is 0 Å². The van der Waals surface area contributed by atoms with E-state index in [9.17, 15) is 17.6 Å². The lowest BCUT2D eigenvalue weighted by molar-refractivity contribution is -0.116. The van der Waals surface area contributed by atoms with E-state index in [4.69, 9.17) is 0 Å². The molecule has 0 aliphatic rings. The zero-order valence-electron chi connectivity index (χ0n) is 11.5. The van der Waals surface area contributed by atoms with E-state index >= 15 is 0 Å². The highest BCUT2D eigenvalue weighted by Gasteiger charge is 2.19. The van der Waals surface area contributed by atoms with Gasteiger partial charge in [0.25, 0.3) is 0 Å². The Morgan fingerprint density at radius 1 is 1.10 bits per heavy atom. The lowest BCUT2D eigenvalue weighted by Gasteiger charge is -2.05. The summed E-state index contributed by atoms with van der Waals surface area (Å²) in [5, 5.41) is 0. The summed E-state index contributed by atoms with van der Waals surface area (Å²) < 4.78 is 37.1.